The van der Waals surface area contributed by atoms with E-state index in [1.807, 2.05) is 51.1 Å². The largest absolute Gasteiger partial charge is 0.493 e. The number of methoxy groups -OCH3 is 2. The molecule has 0 heterocycles. The number of anilines is 1. The van der Waals surface area contributed by atoms with E-state index in [1.165, 1.54) is 49.5 Å². The van der Waals surface area contributed by atoms with Crippen LogP contribution in [0.4, 0.5) is 5.69 Å². The minimum Gasteiger partial charge on any atom is -0.493 e. The number of amides is 2. The van der Waals surface area contributed by atoms with Gasteiger partial charge >= 0.3 is 0 Å². The second kappa shape index (κ2) is 13.3. The van der Waals surface area contributed by atoms with Crippen molar-refractivity contribution in [1.82, 2.24) is 10.2 Å². The maximum absolute atomic E-state index is 14.0. The van der Waals surface area contributed by atoms with Crippen LogP contribution in [-0.2, 0) is 26.2 Å². The Morgan fingerprint density at radius 3 is 2.10 bits per heavy atom. The van der Waals surface area contributed by atoms with E-state index in [-0.39, 0.29) is 28.8 Å². The Kier molecular flexibility index (Phi) is 10.3. The molecule has 0 aliphatic carbocycles. The van der Waals surface area contributed by atoms with Crippen LogP contribution in [0.2, 0.25) is 5.02 Å². The van der Waals surface area contributed by atoms with E-state index in [9.17, 15) is 18.0 Å². The fourth-order valence-electron chi connectivity index (χ4n) is 4.08. The average molecular weight is 602 g/mol. The van der Waals surface area contributed by atoms with Crippen molar-refractivity contribution >= 4 is 39.1 Å². The number of ether oxygens (including phenoxy) is 2. The summed E-state index contributed by atoms with van der Waals surface area (Å²) in [5, 5.41) is 3.31. The van der Waals surface area contributed by atoms with Gasteiger partial charge in [-0.2, -0.15) is 0 Å². The zero-order valence-electron chi connectivity index (χ0n) is 24.0. The summed E-state index contributed by atoms with van der Waals surface area (Å²) in [5.74, 6) is -0.352. The third-order valence-corrected chi connectivity index (χ3v) is 8.22. The molecule has 41 heavy (non-hydrogen) atoms. The molecule has 0 aliphatic rings. The van der Waals surface area contributed by atoms with Gasteiger partial charge in [0, 0.05) is 23.2 Å². The van der Waals surface area contributed by atoms with Crippen LogP contribution in [-0.4, -0.2) is 57.5 Å². The Balaban J connectivity index is 2.06. The summed E-state index contributed by atoms with van der Waals surface area (Å²) < 4.78 is 39.6. The van der Waals surface area contributed by atoms with Gasteiger partial charge < -0.3 is 19.7 Å². The summed E-state index contributed by atoms with van der Waals surface area (Å²) in [5.41, 5.74) is 0.486. The van der Waals surface area contributed by atoms with Gasteiger partial charge in [0.1, 0.15) is 12.6 Å². The molecule has 0 fully saturated rings. The van der Waals surface area contributed by atoms with Crippen LogP contribution in [0.15, 0.2) is 77.7 Å². The first kappa shape index (κ1) is 31.8. The number of sulfonamides is 1. The highest BCUT2D eigenvalue weighted by atomic mass is 35.5. The molecule has 0 saturated carbocycles. The van der Waals surface area contributed by atoms with E-state index in [0.29, 0.717) is 10.8 Å². The molecule has 3 rings (SSSR count). The third kappa shape index (κ3) is 8.14. The predicted molar refractivity (Wildman–Crippen MR) is 160 cm³/mol. The lowest BCUT2D eigenvalue weighted by Crippen LogP contribution is -2.54. The smallest absolute Gasteiger partial charge is 0.264 e. The van der Waals surface area contributed by atoms with Crippen LogP contribution < -0.4 is 19.1 Å². The first-order valence-corrected chi connectivity index (χ1v) is 14.7. The zero-order valence-corrected chi connectivity index (χ0v) is 25.6. The normalized spacial score (nSPS) is 12.3. The molecule has 2 amide bonds. The van der Waals surface area contributed by atoms with Gasteiger partial charge in [-0.05, 0) is 69.7 Å². The lowest BCUT2D eigenvalue weighted by atomic mass is 10.1. The molecule has 0 aliphatic heterocycles. The lowest BCUT2D eigenvalue weighted by Gasteiger charge is -2.33. The number of nitrogens with one attached hydrogen (secondary N) is 1. The number of hydrogen-bond donors (Lipinski definition) is 1. The molecule has 0 radical (unpaired) electrons. The number of carbonyl (C=O) groups is 2. The van der Waals surface area contributed by atoms with Gasteiger partial charge in [-0.25, -0.2) is 8.42 Å². The quantitative estimate of drug-likeness (QED) is 0.336. The molecule has 0 spiro atoms. The highest BCUT2D eigenvalue weighted by Crippen LogP contribution is 2.32. The number of carbonyl (C=O) groups excluding carboxylic acids is 2. The van der Waals surface area contributed by atoms with Crippen LogP contribution in [0, 0.1) is 0 Å². The zero-order chi connectivity index (χ0) is 30.4. The third-order valence-electron chi connectivity index (χ3n) is 6.20. The van der Waals surface area contributed by atoms with Gasteiger partial charge in [-0.1, -0.05) is 41.9 Å². The molecular weight excluding hydrogens is 566 g/mol. The molecular formula is C30H36ClN3O6S. The molecule has 3 aromatic carbocycles. The summed E-state index contributed by atoms with van der Waals surface area (Å²) in [6.45, 7) is 6.69. The second-order valence-electron chi connectivity index (χ2n) is 10.4. The van der Waals surface area contributed by atoms with Gasteiger partial charge in [0.25, 0.3) is 10.0 Å². The summed E-state index contributed by atoms with van der Waals surface area (Å²) in [7, 11) is -1.44. The summed E-state index contributed by atoms with van der Waals surface area (Å²) in [6, 6.07) is 18.6. The van der Waals surface area contributed by atoms with Crippen molar-refractivity contribution in [1.29, 1.82) is 0 Å². The first-order valence-electron chi connectivity index (χ1n) is 12.9. The average Bonchev–Trinajstić information content (AvgIpc) is 2.93. The molecule has 1 N–H and O–H groups in total. The molecule has 0 saturated heterocycles. The van der Waals surface area contributed by atoms with Crippen molar-refractivity contribution in [3.05, 3.63) is 83.4 Å². The van der Waals surface area contributed by atoms with Crippen molar-refractivity contribution in [2.45, 2.75) is 50.7 Å². The van der Waals surface area contributed by atoms with E-state index >= 15 is 0 Å². The van der Waals surface area contributed by atoms with Crippen molar-refractivity contribution in [2.24, 2.45) is 0 Å². The molecule has 0 bridgehead atoms. The van der Waals surface area contributed by atoms with Crippen LogP contribution in [0.1, 0.15) is 33.3 Å². The fourth-order valence-corrected chi connectivity index (χ4v) is 5.63. The molecule has 1 unspecified atom stereocenters. The highest BCUT2D eigenvalue weighted by molar-refractivity contribution is 7.92. The Morgan fingerprint density at radius 1 is 0.927 bits per heavy atom. The molecule has 9 nitrogen and oxygen atoms in total. The van der Waals surface area contributed by atoms with E-state index in [0.717, 1.165) is 9.87 Å². The van der Waals surface area contributed by atoms with E-state index < -0.39 is 34.1 Å². The van der Waals surface area contributed by atoms with Crippen molar-refractivity contribution in [3.8, 4) is 11.5 Å². The summed E-state index contributed by atoms with van der Waals surface area (Å²) >= 11 is 6.08. The predicted octanol–water partition coefficient (Wildman–Crippen LogP) is 4.88. The second-order valence-corrected chi connectivity index (χ2v) is 12.7. The maximum atomic E-state index is 14.0. The number of nitrogens with zero attached hydrogens (tertiary/aromatic N) is 2. The monoisotopic (exact) mass is 601 g/mol. The molecule has 3 aromatic rings. The van der Waals surface area contributed by atoms with E-state index in [2.05, 4.69) is 5.32 Å². The Morgan fingerprint density at radius 2 is 1.54 bits per heavy atom. The molecule has 220 valence electrons. The number of benzene rings is 3. The van der Waals surface area contributed by atoms with Crippen molar-refractivity contribution in [3.63, 3.8) is 0 Å². The van der Waals surface area contributed by atoms with Crippen LogP contribution in [0.25, 0.3) is 0 Å². The topological polar surface area (TPSA) is 105 Å². The van der Waals surface area contributed by atoms with Crippen LogP contribution in [0.5, 0.6) is 11.5 Å². The Labute approximate surface area is 247 Å². The van der Waals surface area contributed by atoms with Gasteiger partial charge in [0.05, 0.1) is 24.8 Å². The van der Waals surface area contributed by atoms with Gasteiger partial charge in [0.15, 0.2) is 11.5 Å². The van der Waals surface area contributed by atoms with Crippen molar-refractivity contribution in [2.75, 3.05) is 25.1 Å². The molecule has 11 heteroatoms. The molecule has 1 atom stereocenters. The minimum atomic E-state index is -4.29. The van der Waals surface area contributed by atoms with Gasteiger partial charge in [-0.15, -0.1) is 0 Å². The summed E-state index contributed by atoms with van der Waals surface area (Å²) in [6.07, 6.45) is 0. The highest BCUT2D eigenvalue weighted by Gasteiger charge is 2.33. The van der Waals surface area contributed by atoms with Crippen molar-refractivity contribution < 1.29 is 27.5 Å². The Bertz CT molecular complexity index is 1460. The Hall–Kier alpha value is -3.76. The summed E-state index contributed by atoms with van der Waals surface area (Å²) in [4.78, 5) is 28.4. The van der Waals surface area contributed by atoms with Crippen LogP contribution in [0.3, 0.4) is 0 Å². The van der Waals surface area contributed by atoms with E-state index in [1.54, 1.807) is 19.1 Å². The fraction of sp³-hybridized carbons (Fsp3) is 0.333. The number of rotatable bonds is 11. The first-order chi connectivity index (χ1) is 19.3. The molecule has 0 aromatic heterocycles. The number of hydrogen-bond acceptors (Lipinski definition) is 6. The van der Waals surface area contributed by atoms with Crippen LogP contribution >= 0.6 is 11.6 Å². The van der Waals surface area contributed by atoms with E-state index in [4.69, 9.17) is 21.1 Å². The number of halogens is 1. The van der Waals surface area contributed by atoms with Gasteiger partial charge in [0.2, 0.25) is 11.8 Å². The van der Waals surface area contributed by atoms with Gasteiger partial charge in [-0.3, -0.25) is 13.9 Å². The standard InChI is InChI=1S/C30H36ClN3O6S/c1-21(29(36)32-30(2,3)4)33(19-22-10-8-7-9-11-22)28(35)20-34(24-14-12-23(31)13-15-24)41(37,38)25-16-17-26(39-5)27(18-25)40-6/h7-18,21H,19-20H2,1-6H3,(H,32,36). The maximum Gasteiger partial charge on any atom is 0.264 e. The lowest BCUT2D eigenvalue weighted by molar-refractivity contribution is -0.140. The SMILES string of the molecule is COc1ccc(S(=O)(=O)N(CC(=O)N(Cc2ccccc2)C(C)C(=O)NC(C)(C)C)c2ccc(Cl)cc2)cc1OC. The minimum absolute atomic E-state index is 0.100.